The van der Waals surface area contributed by atoms with Crippen LogP contribution in [-0.2, 0) is 0 Å². The lowest BCUT2D eigenvalue weighted by Crippen LogP contribution is -2.63. The largest absolute Gasteiger partial charge is 0.335 e. The highest BCUT2D eigenvalue weighted by atomic mass is 19.1. The van der Waals surface area contributed by atoms with E-state index in [1.165, 1.54) is 0 Å². The van der Waals surface area contributed by atoms with Crippen LogP contribution >= 0.6 is 0 Å². The molecule has 1 aromatic carbocycles. The number of likely N-dealkylation sites (tertiary alicyclic amines) is 1. The smallest absolute Gasteiger partial charge is 0.254 e. The van der Waals surface area contributed by atoms with Gasteiger partial charge in [-0.05, 0) is 12.1 Å². The molecule has 1 N–H and O–H groups in total. The molecule has 1 aromatic rings. The summed E-state index contributed by atoms with van der Waals surface area (Å²) in [6.07, 6.45) is 0. The van der Waals surface area contributed by atoms with E-state index in [1.807, 2.05) is 0 Å². The van der Waals surface area contributed by atoms with Gasteiger partial charge in [-0.2, -0.15) is 0 Å². The molecule has 20 heavy (non-hydrogen) atoms. The maximum Gasteiger partial charge on any atom is 0.254 e. The van der Waals surface area contributed by atoms with E-state index in [4.69, 9.17) is 0 Å². The zero-order chi connectivity index (χ0) is 14.1. The summed E-state index contributed by atoms with van der Waals surface area (Å²) >= 11 is 0. The van der Waals surface area contributed by atoms with Crippen molar-refractivity contribution in [2.24, 2.45) is 0 Å². The summed E-state index contributed by atoms with van der Waals surface area (Å²) in [7, 11) is 0. The Morgan fingerprint density at radius 2 is 1.70 bits per heavy atom. The molecule has 0 aliphatic carbocycles. The zero-order valence-electron chi connectivity index (χ0n) is 11.1. The molecule has 2 aliphatic rings. The molecule has 0 aromatic heterocycles. The summed E-state index contributed by atoms with van der Waals surface area (Å²) in [5, 5.41) is 3.28. The molecular weight excluding hydrogens is 264 g/mol. The second-order valence-electron chi connectivity index (χ2n) is 5.31. The highest BCUT2D eigenvalue weighted by Gasteiger charge is 2.35. The fourth-order valence-corrected chi connectivity index (χ4v) is 2.76. The fourth-order valence-electron chi connectivity index (χ4n) is 2.76. The predicted octanol–water partition coefficient (Wildman–Crippen LogP) is 0.694. The van der Waals surface area contributed by atoms with Gasteiger partial charge < -0.3 is 10.2 Å². The molecule has 0 unspecified atom stereocenters. The van der Waals surface area contributed by atoms with Gasteiger partial charge in [-0.15, -0.1) is 0 Å². The lowest BCUT2D eigenvalue weighted by Gasteiger charge is -2.46. The lowest BCUT2D eigenvalue weighted by atomic mass is 10.0. The minimum absolute atomic E-state index is 0.0845. The third-order valence-corrected chi connectivity index (χ3v) is 3.93. The van der Waals surface area contributed by atoms with Crippen LogP contribution in [0.3, 0.4) is 0 Å². The highest BCUT2D eigenvalue weighted by Crippen LogP contribution is 2.19. The summed E-state index contributed by atoms with van der Waals surface area (Å²) in [5.41, 5.74) is 0.0845. The number of carbonyl (C=O) groups is 1. The van der Waals surface area contributed by atoms with E-state index in [2.05, 4.69) is 10.2 Å². The molecule has 3 rings (SSSR count). The van der Waals surface area contributed by atoms with Gasteiger partial charge in [0.2, 0.25) is 0 Å². The Kier molecular flexibility index (Phi) is 3.67. The van der Waals surface area contributed by atoms with Crippen molar-refractivity contribution in [3.05, 3.63) is 35.4 Å². The van der Waals surface area contributed by atoms with Crippen LogP contribution < -0.4 is 5.32 Å². The number of halogens is 2. The molecule has 0 radical (unpaired) electrons. The van der Waals surface area contributed by atoms with Crippen molar-refractivity contribution in [3.8, 4) is 0 Å². The van der Waals surface area contributed by atoms with E-state index in [0.717, 1.165) is 44.4 Å². The molecule has 0 bridgehead atoms. The number of amides is 1. The first-order chi connectivity index (χ1) is 9.63. The van der Waals surface area contributed by atoms with Gasteiger partial charge in [0, 0.05) is 56.9 Å². The second-order valence-corrected chi connectivity index (χ2v) is 5.31. The molecule has 108 valence electrons. The number of piperazine rings is 1. The van der Waals surface area contributed by atoms with Crippen LogP contribution in [0.1, 0.15) is 10.4 Å². The zero-order valence-corrected chi connectivity index (χ0v) is 11.1. The molecule has 0 atom stereocenters. The van der Waals surface area contributed by atoms with Crippen LogP contribution in [0.4, 0.5) is 8.78 Å². The summed E-state index contributed by atoms with van der Waals surface area (Å²) in [5.74, 6) is -1.73. The molecule has 1 amide bonds. The van der Waals surface area contributed by atoms with E-state index in [9.17, 15) is 13.6 Å². The summed E-state index contributed by atoms with van der Waals surface area (Å²) in [6.45, 7) is 5.19. The van der Waals surface area contributed by atoms with E-state index >= 15 is 0 Å². The van der Waals surface area contributed by atoms with Crippen molar-refractivity contribution >= 4 is 5.91 Å². The Morgan fingerprint density at radius 1 is 1.10 bits per heavy atom. The molecule has 6 heteroatoms. The van der Waals surface area contributed by atoms with Crippen molar-refractivity contribution in [3.63, 3.8) is 0 Å². The molecule has 2 heterocycles. The van der Waals surface area contributed by atoms with Crippen LogP contribution in [0, 0.1) is 11.6 Å². The molecular formula is C14H17F2N3O. The Morgan fingerprint density at radius 3 is 2.30 bits per heavy atom. The number of carbonyl (C=O) groups excluding carboxylic acids is 1. The van der Waals surface area contributed by atoms with Gasteiger partial charge in [0.05, 0.1) is 0 Å². The Balaban J connectivity index is 1.60. The lowest BCUT2D eigenvalue weighted by molar-refractivity contribution is 0.0226. The van der Waals surface area contributed by atoms with Gasteiger partial charge in [-0.25, -0.2) is 8.78 Å². The van der Waals surface area contributed by atoms with Crippen LogP contribution in [0.15, 0.2) is 18.2 Å². The van der Waals surface area contributed by atoms with Gasteiger partial charge in [0.15, 0.2) is 0 Å². The van der Waals surface area contributed by atoms with Crippen LogP contribution in [0.2, 0.25) is 0 Å². The monoisotopic (exact) mass is 281 g/mol. The van der Waals surface area contributed by atoms with Crippen molar-refractivity contribution < 1.29 is 13.6 Å². The van der Waals surface area contributed by atoms with Crippen molar-refractivity contribution in [2.45, 2.75) is 6.04 Å². The molecule has 0 saturated carbocycles. The van der Waals surface area contributed by atoms with E-state index in [1.54, 1.807) is 4.90 Å². The third kappa shape index (κ3) is 2.66. The quantitative estimate of drug-likeness (QED) is 0.866. The molecule has 4 nitrogen and oxygen atoms in total. The molecule has 2 aliphatic heterocycles. The Hall–Kier alpha value is -1.53. The van der Waals surface area contributed by atoms with E-state index in [0.29, 0.717) is 19.1 Å². The maximum atomic E-state index is 13.1. The number of nitrogens with zero attached hydrogens (tertiary/aromatic N) is 2. The fraction of sp³-hybridized carbons (Fsp3) is 0.500. The average molecular weight is 281 g/mol. The topological polar surface area (TPSA) is 35.6 Å². The first-order valence-electron chi connectivity index (χ1n) is 6.83. The average Bonchev–Trinajstić information content (AvgIpc) is 2.37. The number of benzene rings is 1. The highest BCUT2D eigenvalue weighted by molar-refractivity contribution is 5.94. The first-order valence-corrected chi connectivity index (χ1v) is 6.83. The Bertz CT molecular complexity index is 491. The summed E-state index contributed by atoms with van der Waals surface area (Å²) < 4.78 is 26.2. The van der Waals surface area contributed by atoms with Crippen molar-refractivity contribution in [1.29, 1.82) is 0 Å². The molecule has 2 fully saturated rings. The maximum absolute atomic E-state index is 13.1. The third-order valence-electron chi connectivity index (χ3n) is 3.93. The predicted molar refractivity (Wildman–Crippen MR) is 70.5 cm³/mol. The number of hydrogen-bond donors (Lipinski definition) is 1. The van der Waals surface area contributed by atoms with Gasteiger partial charge in [-0.1, -0.05) is 0 Å². The van der Waals surface area contributed by atoms with Gasteiger partial charge in [-0.3, -0.25) is 9.69 Å². The first kappa shape index (κ1) is 13.5. The van der Waals surface area contributed by atoms with Gasteiger partial charge >= 0.3 is 0 Å². The van der Waals surface area contributed by atoms with Crippen molar-refractivity contribution in [1.82, 2.24) is 15.1 Å². The molecule has 0 spiro atoms. The number of rotatable bonds is 2. The van der Waals surface area contributed by atoms with Crippen LogP contribution in [-0.4, -0.2) is 61.0 Å². The normalized spacial score (nSPS) is 20.8. The van der Waals surface area contributed by atoms with Crippen LogP contribution in [0.5, 0.6) is 0 Å². The SMILES string of the molecule is O=C(c1cc(F)cc(F)c1)N1CC(N2CCNCC2)C1. The van der Waals surface area contributed by atoms with Gasteiger partial charge in [0.1, 0.15) is 11.6 Å². The summed E-state index contributed by atoms with van der Waals surface area (Å²) in [4.78, 5) is 16.1. The second kappa shape index (κ2) is 5.46. The molecule has 2 saturated heterocycles. The van der Waals surface area contributed by atoms with Gasteiger partial charge in [0.25, 0.3) is 5.91 Å². The van der Waals surface area contributed by atoms with Crippen molar-refractivity contribution in [2.75, 3.05) is 39.3 Å². The number of nitrogens with one attached hydrogen (secondary N) is 1. The van der Waals surface area contributed by atoms with E-state index < -0.39 is 11.6 Å². The van der Waals surface area contributed by atoms with Crippen LogP contribution in [0.25, 0.3) is 0 Å². The standard InChI is InChI=1S/C14H17F2N3O/c15-11-5-10(6-12(16)7-11)14(20)19-8-13(9-19)18-3-1-17-2-4-18/h5-7,13,17H,1-4,8-9H2. The minimum Gasteiger partial charge on any atom is -0.335 e. The minimum atomic E-state index is -0.715. The Labute approximate surface area is 116 Å². The van der Waals surface area contributed by atoms with E-state index in [-0.39, 0.29) is 11.5 Å². The summed E-state index contributed by atoms with van der Waals surface area (Å²) in [6, 6.07) is 3.32. The number of hydrogen-bond acceptors (Lipinski definition) is 3.